The lowest BCUT2D eigenvalue weighted by molar-refractivity contribution is -0.332. The zero-order chi connectivity index (χ0) is 54.4. The number of aliphatic hydroxyl groups is 7. The molecule has 11 unspecified atom stereocenters. The van der Waals surface area contributed by atoms with Crippen LogP contribution in [0.5, 0.6) is 0 Å². The highest BCUT2D eigenvalue weighted by molar-refractivity contribution is 5.69. The van der Waals surface area contributed by atoms with Crippen LogP contribution in [-0.2, 0) is 33.2 Å². The van der Waals surface area contributed by atoms with Crippen molar-refractivity contribution in [2.24, 2.45) is 0 Å². The molecule has 14 heteroatoms. The van der Waals surface area contributed by atoms with Gasteiger partial charge in [-0.3, -0.25) is 4.79 Å². The number of carbonyl (C=O) groups excluding carboxylic acids is 1. The summed E-state index contributed by atoms with van der Waals surface area (Å²) in [5, 5.41) is 72.4. The van der Waals surface area contributed by atoms with Crippen molar-refractivity contribution in [3.05, 3.63) is 60.8 Å². The van der Waals surface area contributed by atoms with Crippen molar-refractivity contribution in [1.29, 1.82) is 0 Å². The molecule has 0 saturated carbocycles. The summed E-state index contributed by atoms with van der Waals surface area (Å²) in [5.41, 5.74) is 0. The van der Waals surface area contributed by atoms with Crippen LogP contribution in [-0.4, -0.2) is 142 Å². The average molecular weight is 1070 g/mol. The second-order valence-electron chi connectivity index (χ2n) is 20.8. The number of allylic oxidation sites excluding steroid dienone is 10. The molecule has 2 heterocycles. The van der Waals surface area contributed by atoms with Crippen molar-refractivity contribution in [1.82, 2.24) is 0 Å². The van der Waals surface area contributed by atoms with Gasteiger partial charge >= 0.3 is 5.97 Å². The lowest BCUT2D eigenvalue weighted by Crippen LogP contribution is -2.61. The fourth-order valence-electron chi connectivity index (χ4n) is 9.25. The van der Waals surface area contributed by atoms with Gasteiger partial charge in [-0.1, -0.05) is 216 Å². The van der Waals surface area contributed by atoms with Crippen molar-refractivity contribution in [3.8, 4) is 0 Å². The van der Waals surface area contributed by atoms with Gasteiger partial charge in [0.15, 0.2) is 12.6 Å². The van der Waals surface area contributed by atoms with Crippen LogP contribution >= 0.6 is 0 Å². The molecule has 2 aliphatic rings. The first-order valence-electron chi connectivity index (χ1n) is 29.9. The minimum absolute atomic E-state index is 0.0539. The second kappa shape index (κ2) is 47.7. The molecule has 2 aliphatic heterocycles. The van der Waals surface area contributed by atoms with Gasteiger partial charge in [0.2, 0.25) is 0 Å². The molecule has 0 aromatic carbocycles. The van der Waals surface area contributed by atoms with Crippen LogP contribution in [0.1, 0.15) is 219 Å². The molecule has 75 heavy (non-hydrogen) atoms. The summed E-state index contributed by atoms with van der Waals surface area (Å²) < 4.78 is 34.4. The smallest absolute Gasteiger partial charge is 0.306 e. The van der Waals surface area contributed by atoms with Gasteiger partial charge in [0.1, 0.15) is 54.9 Å². The molecule has 0 bridgehead atoms. The van der Waals surface area contributed by atoms with E-state index in [-0.39, 0.29) is 19.6 Å². The third-order valence-electron chi connectivity index (χ3n) is 14.0. The van der Waals surface area contributed by atoms with Gasteiger partial charge in [-0.2, -0.15) is 0 Å². The number of hydrogen-bond donors (Lipinski definition) is 7. The number of hydrogen-bond acceptors (Lipinski definition) is 14. The van der Waals surface area contributed by atoms with E-state index >= 15 is 0 Å². The van der Waals surface area contributed by atoms with E-state index in [1.54, 1.807) is 0 Å². The first-order valence-corrected chi connectivity index (χ1v) is 29.9. The van der Waals surface area contributed by atoms with Crippen molar-refractivity contribution in [3.63, 3.8) is 0 Å². The monoisotopic (exact) mass is 1060 g/mol. The van der Waals surface area contributed by atoms with Gasteiger partial charge in [-0.25, -0.2) is 0 Å². The Balaban J connectivity index is 1.72. The van der Waals surface area contributed by atoms with Gasteiger partial charge in [0, 0.05) is 13.0 Å². The third-order valence-corrected chi connectivity index (χ3v) is 14.0. The molecule has 11 atom stereocenters. The lowest BCUT2D eigenvalue weighted by Gasteiger charge is -2.42. The SMILES string of the molecule is CC/C=C\C/C=C\C/C=C\C/C=C\C/C=C\CCCCCCCC(=O)OC(COCCCCCCCCCCCCCCCCCCCCCC)COC1OC(COC2OC(CO)C(O)C(O)C2O)C(O)C(O)C1O. The molecule has 0 aliphatic carbocycles. The molecule has 436 valence electrons. The Labute approximate surface area is 454 Å². The van der Waals surface area contributed by atoms with E-state index in [1.807, 2.05) is 0 Å². The normalized spacial score (nSPS) is 25.0. The average Bonchev–Trinajstić information content (AvgIpc) is 3.41. The molecule has 0 amide bonds. The van der Waals surface area contributed by atoms with E-state index in [2.05, 4.69) is 74.6 Å². The largest absolute Gasteiger partial charge is 0.457 e. The molecule has 0 aromatic heterocycles. The zero-order valence-electron chi connectivity index (χ0n) is 46.8. The first kappa shape index (κ1) is 68.8. The summed E-state index contributed by atoms with van der Waals surface area (Å²) in [6.45, 7) is 3.58. The summed E-state index contributed by atoms with van der Waals surface area (Å²) in [7, 11) is 0. The van der Waals surface area contributed by atoms with Crippen LogP contribution in [0.15, 0.2) is 60.8 Å². The van der Waals surface area contributed by atoms with Crippen LogP contribution in [0, 0.1) is 0 Å². The minimum Gasteiger partial charge on any atom is -0.457 e. The van der Waals surface area contributed by atoms with Crippen LogP contribution < -0.4 is 0 Å². The fraction of sp³-hybridized carbons (Fsp3) is 0.820. The maximum Gasteiger partial charge on any atom is 0.306 e. The van der Waals surface area contributed by atoms with Crippen molar-refractivity contribution < 1.29 is 69.0 Å². The Kier molecular flexibility index (Phi) is 43.7. The minimum atomic E-state index is -1.71. The molecular weight excluding hydrogens is 957 g/mol. The maximum atomic E-state index is 13.1. The number of esters is 1. The third kappa shape index (κ3) is 34.3. The van der Waals surface area contributed by atoms with Gasteiger partial charge in [-0.15, -0.1) is 0 Å². The van der Waals surface area contributed by atoms with Crippen LogP contribution in [0.2, 0.25) is 0 Å². The molecule has 0 aromatic rings. The Morgan fingerprint density at radius 2 is 0.867 bits per heavy atom. The van der Waals surface area contributed by atoms with Gasteiger partial charge in [-0.05, 0) is 57.8 Å². The predicted octanol–water partition coefficient (Wildman–Crippen LogP) is 10.9. The summed E-state index contributed by atoms with van der Waals surface area (Å²) in [6, 6.07) is 0. The summed E-state index contributed by atoms with van der Waals surface area (Å²) >= 11 is 0. The Morgan fingerprint density at radius 1 is 0.453 bits per heavy atom. The highest BCUT2D eigenvalue weighted by Crippen LogP contribution is 2.27. The number of unbranched alkanes of at least 4 members (excludes halogenated alkanes) is 24. The molecule has 0 radical (unpaired) electrons. The maximum absolute atomic E-state index is 13.1. The second-order valence-corrected chi connectivity index (χ2v) is 20.8. The molecule has 7 N–H and O–H groups in total. The van der Waals surface area contributed by atoms with E-state index in [0.717, 1.165) is 83.5 Å². The van der Waals surface area contributed by atoms with Crippen molar-refractivity contribution >= 4 is 5.97 Å². The van der Waals surface area contributed by atoms with Gasteiger partial charge < -0.3 is 64.2 Å². The van der Waals surface area contributed by atoms with E-state index in [0.29, 0.717) is 13.0 Å². The highest BCUT2D eigenvalue weighted by atomic mass is 16.7. The van der Waals surface area contributed by atoms with E-state index in [9.17, 15) is 40.5 Å². The number of aliphatic hydroxyl groups excluding tert-OH is 7. The van der Waals surface area contributed by atoms with Crippen molar-refractivity contribution in [2.75, 3.05) is 33.0 Å². The molecule has 2 rings (SSSR count). The van der Waals surface area contributed by atoms with Gasteiger partial charge in [0.25, 0.3) is 0 Å². The Hall–Kier alpha value is -2.31. The van der Waals surface area contributed by atoms with E-state index < -0.39 is 86.7 Å². The molecule has 2 fully saturated rings. The number of ether oxygens (including phenoxy) is 6. The molecule has 14 nitrogen and oxygen atoms in total. The molecular formula is C61H108O14. The number of carbonyl (C=O) groups is 1. The summed E-state index contributed by atoms with van der Waals surface area (Å²) in [4.78, 5) is 13.1. The lowest BCUT2D eigenvalue weighted by atomic mass is 9.98. The highest BCUT2D eigenvalue weighted by Gasteiger charge is 2.47. The number of rotatable bonds is 48. The van der Waals surface area contributed by atoms with Crippen LogP contribution in [0.4, 0.5) is 0 Å². The quantitative estimate of drug-likeness (QED) is 0.0172. The van der Waals surface area contributed by atoms with E-state index in [4.69, 9.17) is 28.4 Å². The topological polar surface area (TPSA) is 214 Å². The van der Waals surface area contributed by atoms with Crippen LogP contribution in [0.3, 0.4) is 0 Å². The van der Waals surface area contributed by atoms with E-state index in [1.165, 1.54) is 109 Å². The Morgan fingerprint density at radius 3 is 1.36 bits per heavy atom. The zero-order valence-corrected chi connectivity index (χ0v) is 46.8. The van der Waals surface area contributed by atoms with Crippen molar-refractivity contribution in [2.45, 2.75) is 287 Å². The fourth-order valence-corrected chi connectivity index (χ4v) is 9.25. The molecule has 2 saturated heterocycles. The van der Waals surface area contributed by atoms with Crippen LogP contribution in [0.25, 0.3) is 0 Å². The molecule has 0 spiro atoms. The standard InChI is InChI=1S/C61H108O14/c1-3-5-7-9-11-13-15-17-19-21-23-25-26-28-30-32-34-36-38-40-42-44-53(63)73-50(47-70-45-43-41-39-37-35-33-31-29-27-24-22-20-18-16-14-12-10-8-6-4-2)48-71-60-59(69)57(67)55(65)52(75-60)49-72-61-58(68)56(66)54(64)51(46-62)74-61/h5,7,11,13,17,19,23,25,28,30,50-52,54-62,64-69H,3-4,6,8-10,12,14-16,18,20-22,24,26-27,29,31-49H2,1-2H3/b7-5-,13-11-,19-17-,25-23-,30-28-. The van der Waals surface area contributed by atoms with Gasteiger partial charge in [0.05, 0.1) is 26.4 Å². The first-order chi connectivity index (χ1) is 36.6. The Bertz CT molecular complexity index is 1470. The predicted molar refractivity (Wildman–Crippen MR) is 298 cm³/mol. The summed E-state index contributed by atoms with van der Waals surface area (Å²) in [5.74, 6) is -0.392. The summed E-state index contributed by atoms with van der Waals surface area (Å²) in [6.07, 6.45) is 42.8.